The molecule has 4 atom stereocenters. The van der Waals surface area contributed by atoms with Crippen LogP contribution in [0.3, 0.4) is 0 Å². The van der Waals surface area contributed by atoms with Gasteiger partial charge in [-0.05, 0) is 11.8 Å². The predicted octanol–water partition coefficient (Wildman–Crippen LogP) is 1.70. The summed E-state index contributed by atoms with van der Waals surface area (Å²) in [5.41, 5.74) is 0.852. The topological polar surface area (TPSA) is 26.3 Å². The van der Waals surface area contributed by atoms with Gasteiger partial charge in [-0.15, -0.1) is 0 Å². The highest BCUT2D eigenvalue weighted by Crippen LogP contribution is 2.51. The first kappa shape index (κ1) is 8.04. The summed E-state index contributed by atoms with van der Waals surface area (Å²) < 4.78 is 4.78. The third-order valence-corrected chi connectivity index (χ3v) is 3.55. The Morgan fingerprint density at radius 1 is 1.21 bits per heavy atom. The zero-order valence-corrected chi connectivity index (χ0v) is 8.01. The molecule has 3 aliphatic rings. The Morgan fingerprint density at radius 3 is 2.71 bits per heavy atom. The highest BCUT2D eigenvalue weighted by molar-refractivity contribution is 5.90. The largest absolute Gasteiger partial charge is 0.466 e. The molecular formula is C12H12O2. The Kier molecular flexibility index (Phi) is 1.49. The van der Waals surface area contributed by atoms with Gasteiger partial charge in [0.2, 0.25) is 0 Å². The number of carbonyl (C=O) groups excluding carboxylic acids is 1. The minimum Gasteiger partial charge on any atom is -0.466 e. The van der Waals surface area contributed by atoms with Crippen LogP contribution in [0.15, 0.2) is 36.0 Å². The molecule has 0 aromatic rings. The quantitative estimate of drug-likeness (QED) is 0.462. The third kappa shape index (κ3) is 0.834. The number of methoxy groups -OCH3 is 1. The standard InChI is InChI=1S/C12H12O2/c1-14-12(13)10-6-8-3-2-7-4-5-9(10)11(7)8/h2-9,11H,1H3/t7-,8+,9+,11+/m1/s1. The van der Waals surface area contributed by atoms with Crippen LogP contribution in [-0.2, 0) is 9.53 Å². The number of ether oxygens (including phenoxy) is 1. The van der Waals surface area contributed by atoms with Crippen molar-refractivity contribution in [2.45, 2.75) is 0 Å². The van der Waals surface area contributed by atoms with Crippen LogP contribution >= 0.6 is 0 Å². The van der Waals surface area contributed by atoms with Crippen LogP contribution in [0.2, 0.25) is 0 Å². The van der Waals surface area contributed by atoms with E-state index in [0.29, 0.717) is 23.7 Å². The SMILES string of the molecule is COC(=O)C1=C[C@@H]2C=C[C@@H]3C=C[C@@H]1[C@@H]32. The molecule has 0 aromatic heterocycles. The molecule has 0 saturated carbocycles. The zero-order valence-electron chi connectivity index (χ0n) is 8.01. The van der Waals surface area contributed by atoms with E-state index in [9.17, 15) is 4.79 Å². The normalized spacial score (nSPS) is 41.4. The monoisotopic (exact) mass is 188 g/mol. The molecule has 0 aliphatic heterocycles. The maximum Gasteiger partial charge on any atom is 0.334 e. The Labute approximate surface area is 82.9 Å². The highest BCUT2D eigenvalue weighted by Gasteiger charge is 2.46. The summed E-state index contributed by atoms with van der Waals surface area (Å²) in [5, 5.41) is 0. The van der Waals surface area contributed by atoms with Crippen molar-refractivity contribution in [1.82, 2.24) is 0 Å². The van der Waals surface area contributed by atoms with Gasteiger partial charge in [0.05, 0.1) is 7.11 Å². The number of carbonyl (C=O) groups is 1. The number of hydrogen-bond donors (Lipinski definition) is 0. The summed E-state index contributed by atoms with van der Waals surface area (Å²) >= 11 is 0. The van der Waals surface area contributed by atoms with Gasteiger partial charge in [-0.1, -0.05) is 30.4 Å². The van der Waals surface area contributed by atoms with Crippen molar-refractivity contribution in [3.63, 3.8) is 0 Å². The molecule has 0 spiro atoms. The minimum absolute atomic E-state index is 0.164. The smallest absolute Gasteiger partial charge is 0.334 e. The first-order valence-electron chi connectivity index (χ1n) is 4.98. The lowest BCUT2D eigenvalue weighted by Crippen LogP contribution is -2.16. The summed E-state index contributed by atoms with van der Waals surface area (Å²) in [6.45, 7) is 0. The van der Waals surface area contributed by atoms with Crippen LogP contribution in [0.25, 0.3) is 0 Å². The van der Waals surface area contributed by atoms with Crippen molar-refractivity contribution >= 4 is 5.97 Å². The summed E-state index contributed by atoms with van der Waals surface area (Å²) in [6.07, 6.45) is 10.9. The van der Waals surface area contributed by atoms with E-state index in [1.54, 1.807) is 0 Å². The average molecular weight is 188 g/mol. The average Bonchev–Trinajstić information content (AvgIpc) is 2.83. The van der Waals surface area contributed by atoms with Crippen LogP contribution in [0.5, 0.6) is 0 Å². The van der Waals surface area contributed by atoms with Crippen molar-refractivity contribution in [2.75, 3.05) is 7.11 Å². The van der Waals surface area contributed by atoms with E-state index in [2.05, 4.69) is 30.4 Å². The molecular weight excluding hydrogens is 176 g/mol. The lowest BCUT2D eigenvalue weighted by atomic mass is 9.87. The third-order valence-electron chi connectivity index (χ3n) is 3.55. The van der Waals surface area contributed by atoms with E-state index >= 15 is 0 Å². The van der Waals surface area contributed by atoms with Crippen LogP contribution in [0, 0.1) is 23.7 Å². The van der Waals surface area contributed by atoms with Gasteiger partial charge >= 0.3 is 5.97 Å². The molecule has 0 N–H and O–H groups in total. The van der Waals surface area contributed by atoms with E-state index in [4.69, 9.17) is 4.74 Å². The fraction of sp³-hybridized carbons (Fsp3) is 0.417. The molecule has 72 valence electrons. The highest BCUT2D eigenvalue weighted by atomic mass is 16.5. The van der Waals surface area contributed by atoms with Gasteiger partial charge in [-0.2, -0.15) is 0 Å². The molecule has 14 heavy (non-hydrogen) atoms. The van der Waals surface area contributed by atoms with Gasteiger partial charge in [0.1, 0.15) is 0 Å². The number of allylic oxidation sites excluding steroid dienone is 5. The second kappa shape index (κ2) is 2.59. The Morgan fingerprint density at radius 2 is 1.93 bits per heavy atom. The minimum atomic E-state index is -0.164. The molecule has 0 heterocycles. The van der Waals surface area contributed by atoms with Crippen molar-refractivity contribution in [3.05, 3.63) is 36.0 Å². The van der Waals surface area contributed by atoms with Crippen molar-refractivity contribution in [3.8, 4) is 0 Å². The van der Waals surface area contributed by atoms with Gasteiger partial charge in [-0.25, -0.2) is 4.79 Å². The van der Waals surface area contributed by atoms with Crippen LogP contribution in [0.1, 0.15) is 0 Å². The second-order valence-corrected chi connectivity index (χ2v) is 4.14. The molecule has 2 nitrogen and oxygen atoms in total. The van der Waals surface area contributed by atoms with Crippen LogP contribution in [-0.4, -0.2) is 13.1 Å². The number of rotatable bonds is 1. The van der Waals surface area contributed by atoms with Gasteiger partial charge in [0.25, 0.3) is 0 Å². The zero-order chi connectivity index (χ0) is 9.71. The number of hydrogen-bond acceptors (Lipinski definition) is 2. The first-order chi connectivity index (χ1) is 6.81. The molecule has 0 aromatic carbocycles. The van der Waals surface area contributed by atoms with Crippen LogP contribution < -0.4 is 0 Å². The van der Waals surface area contributed by atoms with E-state index in [1.807, 2.05) is 0 Å². The fourth-order valence-electron chi connectivity index (χ4n) is 2.94. The first-order valence-corrected chi connectivity index (χ1v) is 4.98. The van der Waals surface area contributed by atoms with Crippen molar-refractivity contribution in [2.24, 2.45) is 23.7 Å². The molecule has 3 rings (SSSR count). The Bertz CT molecular complexity index is 376. The summed E-state index contributed by atoms with van der Waals surface area (Å²) in [5.74, 6) is 1.71. The Hall–Kier alpha value is -1.31. The predicted molar refractivity (Wildman–Crippen MR) is 52.3 cm³/mol. The molecule has 0 radical (unpaired) electrons. The lowest BCUT2D eigenvalue weighted by molar-refractivity contribution is -0.136. The number of esters is 1. The summed E-state index contributed by atoms with van der Waals surface area (Å²) in [6, 6.07) is 0. The molecule has 3 aliphatic carbocycles. The summed E-state index contributed by atoms with van der Waals surface area (Å²) in [7, 11) is 1.45. The molecule has 2 heteroatoms. The molecule has 0 fully saturated rings. The Balaban J connectivity index is 1.99. The van der Waals surface area contributed by atoms with E-state index in [1.165, 1.54) is 7.11 Å². The maximum atomic E-state index is 11.5. The van der Waals surface area contributed by atoms with Crippen molar-refractivity contribution < 1.29 is 9.53 Å². The molecule has 0 bridgehead atoms. The molecule has 0 unspecified atom stereocenters. The van der Waals surface area contributed by atoms with Gasteiger partial charge in [0, 0.05) is 17.4 Å². The second-order valence-electron chi connectivity index (χ2n) is 4.14. The van der Waals surface area contributed by atoms with Crippen molar-refractivity contribution in [1.29, 1.82) is 0 Å². The maximum absolute atomic E-state index is 11.5. The molecule has 0 saturated heterocycles. The fourth-order valence-corrected chi connectivity index (χ4v) is 2.94. The van der Waals surface area contributed by atoms with Gasteiger partial charge in [-0.3, -0.25) is 0 Å². The van der Waals surface area contributed by atoms with Crippen LogP contribution in [0.4, 0.5) is 0 Å². The summed E-state index contributed by atoms with van der Waals surface area (Å²) in [4.78, 5) is 11.5. The van der Waals surface area contributed by atoms with Gasteiger partial charge < -0.3 is 4.74 Å². The van der Waals surface area contributed by atoms with E-state index in [-0.39, 0.29) is 5.97 Å². The van der Waals surface area contributed by atoms with Gasteiger partial charge in [0.15, 0.2) is 0 Å². The molecule has 0 amide bonds. The van der Waals surface area contributed by atoms with E-state index < -0.39 is 0 Å². The lowest BCUT2D eigenvalue weighted by Gasteiger charge is -2.16. The van der Waals surface area contributed by atoms with E-state index in [0.717, 1.165) is 5.57 Å².